The van der Waals surface area contributed by atoms with Crippen LogP contribution >= 0.6 is 11.3 Å². The minimum absolute atomic E-state index is 0.226. The van der Waals surface area contributed by atoms with Crippen LogP contribution in [0, 0.1) is 5.82 Å². The highest BCUT2D eigenvalue weighted by Crippen LogP contribution is 2.20. The quantitative estimate of drug-likeness (QED) is 0.902. The predicted octanol–water partition coefficient (Wildman–Crippen LogP) is 1.81. The SMILES string of the molecule is CN(Cc1cscn1)c1nccc(CO)c1F. The lowest BCUT2D eigenvalue weighted by Crippen LogP contribution is -2.20. The summed E-state index contributed by atoms with van der Waals surface area (Å²) < 4.78 is 13.9. The number of thiazole rings is 1. The fourth-order valence-corrected chi connectivity index (χ4v) is 2.04. The van der Waals surface area contributed by atoms with Gasteiger partial charge in [0.15, 0.2) is 11.6 Å². The van der Waals surface area contributed by atoms with E-state index in [2.05, 4.69) is 9.97 Å². The molecule has 0 fully saturated rings. The van der Waals surface area contributed by atoms with Gasteiger partial charge in [0.1, 0.15) is 0 Å². The number of hydrogen-bond acceptors (Lipinski definition) is 5. The van der Waals surface area contributed by atoms with Crippen molar-refractivity contribution in [1.29, 1.82) is 0 Å². The van der Waals surface area contributed by atoms with Gasteiger partial charge in [0.2, 0.25) is 0 Å². The Balaban J connectivity index is 2.22. The summed E-state index contributed by atoms with van der Waals surface area (Å²) in [5.41, 5.74) is 2.85. The van der Waals surface area contributed by atoms with Gasteiger partial charge >= 0.3 is 0 Å². The van der Waals surface area contributed by atoms with Gasteiger partial charge in [0.25, 0.3) is 0 Å². The highest BCUT2D eigenvalue weighted by Gasteiger charge is 2.13. The van der Waals surface area contributed by atoms with Gasteiger partial charge in [0.05, 0.1) is 24.4 Å². The van der Waals surface area contributed by atoms with Gasteiger partial charge < -0.3 is 10.0 Å². The third kappa shape index (κ3) is 2.59. The van der Waals surface area contributed by atoms with E-state index in [0.29, 0.717) is 6.54 Å². The van der Waals surface area contributed by atoms with E-state index in [0.717, 1.165) is 5.69 Å². The average molecular weight is 253 g/mol. The van der Waals surface area contributed by atoms with Crippen molar-refractivity contribution < 1.29 is 9.50 Å². The van der Waals surface area contributed by atoms with Crippen LogP contribution in [0.15, 0.2) is 23.2 Å². The minimum atomic E-state index is -0.479. The van der Waals surface area contributed by atoms with E-state index in [9.17, 15) is 4.39 Å². The number of aliphatic hydroxyl groups excluding tert-OH is 1. The number of nitrogens with zero attached hydrogens (tertiary/aromatic N) is 3. The monoisotopic (exact) mass is 253 g/mol. The summed E-state index contributed by atoms with van der Waals surface area (Å²) in [7, 11) is 1.74. The molecule has 0 unspecified atom stereocenters. The van der Waals surface area contributed by atoms with Gasteiger partial charge in [0, 0.05) is 24.2 Å². The van der Waals surface area contributed by atoms with E-state index in [4.69, 9.17) is 5.11 Å². The van der Waals surface area contributed by atoms with Crippen molar-refractivity contribution in [2.45, 2.75) is 13.2 Å². The molecule has 0 aliphatic rings. The molecule has 90 valence electrons. The predicted molar refractivity (Wildman–Crippen MR) is 64.3 cm³/mol. The highest BCUT2D eigenvalue weighted by molar-refractivity contribution is 7.07. The normalized spacial score (nSPS) is 10.5. The fraction of sp³-hybridized carbons (Fsp3) is 0.273. The zero-order valence-electron chi connectivity index (χ0n) is 9.30. The molecule has 0 atom stereocenters. The lowest BCUT2D eigenvalue weighted by Gasteiger charge is -2.18. The van der Waals surface area contributed by atoms with E-state index < -0.39 is 5.82 Å². The summed E-state index contributed by atoms with van der Waals surface area (Å²) in [6.07, 6.45) is 1.49. The number of halogens is 1. The van der Waals surface area contributed by atoms with Gasteiger partial charge in [-0.05, 0) is 6.07 Å². The molecule has 1 N–H and O–H groups in total. The molecule has 0 aliphatic carbocycles. The van der Waals surface area contributed by atoms with Crippen molar-refractivity contribution in [1.82, 2.24) is 9.97 Å². The maximum Gasteiger partial charge on any atom is 0.171 e. The van der Waals surface area contributed by atoms with Crippen LogP contribution in [0.1, 0.15) is 11.3 Å². The van der Waals surface area contributed by atoms with Gasteiger partial charge in [-0.3, -0.25) is 0 Å². The number of rotatable bonds is 4. The number of aliphatic hydroxyl groups is 1. The standard InChI is InChI=1S/C11H12FN3OS/c1-15(4-9-6-17-7-14-9)11-10(12)8(5-16)2-3-13-11/h2-3,6-7,16H,4-5H2,1H3. The van der Waals surface area contributed by atoms with Gasteiger partial charge in [-0.2, -0.15) is 0 Å². The summed E-state index contributed by atoms with van der Waals surface area (Å²) in [6, 6.07) is 1.47. The lowest BCUT2D eigenvalue weighted by atomic mass is 10.2. The first-order valence-corrected chi connectivity index (χ1v) is 5.99. The lowest BCUT2D eigenvalue weighted by molar-refractivity contribution is 0.275. The first kappa shape index (κ1) is 11.9. The summed E-state index contributed by atoms with van der Waals surface area (Å²) >= 11 is 1.50. The smallest absolute Gasteiger partial charge is 0.171 e. The molecule has 2 heterocycles. The summed E-state index contributed by atoms with van der Waals surface area (Å²) in [6.45, 7) is 0.161. The largest absolute Gasteiger partial charge is 0.392 e. The molecular weight excluding hydrogens is 241 g/mol. The van der Waals surface area contributed by atoms with Crippen LogP contribution in [-0.2, 0) is 13.2 Å². The first-order chi connectivity index (χ1) is 8.22. The van der Waals surface area contributed by atoms with E-state index in [1.54, 1.807) is 17.5 Å². The van der Waals surface area contributed by atoms with E-state index >= 15 is 0 Å². The Bertz CT molecular complexity index is 489. The Morgan fingerprint density at radius 3 is 2.94 bits per heavy atom. The Labute approximate surface area is 102 Å². The van der Waals surface area contributed by atoms with Crippen molar-refractivity contribution in [2.75, 3.05) is 11.9 Å². The molecule has 0 bridgehead atoms. The summed E-state index contributed by atoms with van der Waals surface area (Å²) in [4.78, 5) is 9.78. The Kier molecular flexibility index (Phi) is 3.65. The molecule has 4 nitrogen and oxygen atoms in total. The van der Waals surface area contributed by atoms with E-state index in [-0.39, 0.29) is 18.0 Å². The topological polar surface area (TPSA) is 49.2 Å². The molecule has 2 aromatic rings. The van der Waals surface area contributed by atoms with Crippen LogP contribution in [-0.4, -0.2) is 22.1 Å². The molecule has 17 heavy (non-hydrogen) atoms. The van der Waals surface area contributed by atoms with Gasteiger partial charge in [-0.25, -0.2) is 14.4 Å². The van der Waals surface area contributed by atoms with Crippen molar-refractivity contribution in [2.24, 2.45) is 0 Å². The molecular formula is C11H12FN3OS. The summed E-state index contributed by atoms with van der Waals surface area (Å²) in [5.74, 6) is -0.253. The Morgan fingerprint density at radius 2 is 2.29 bits per heavy atom. The molecule has 0 aromatic carbocycles. The van der Waals surface area contributed by atoms with Gasteiger partial charge in [-0.1, -0.05) is 0 Å². The van der Waals surface area contributed by atoms with Crippen LogP contribution in [0.4, 0.5) is 10.2 Å². The Hall–Kier alpha value is -1.53. The minimum Gasteiger partial charge on any atom is -0.392 e. The van der Waals surface area contributed by atoms with E-state index in [1.165, 1.54) is 23.6 Å². The van der Waals surface area contributed by atoms with Crippen LogP contribution in [0.5, 0.6) is 0 Å². The third-order valence-corrected chi connectivity index (χ3v) is 3.00. The Morgan fingerprint density at radius 1 is 1.47 bits per heavy atom. The fourth-order valence-electron chi connectivity index (χ4n) is 1.49. The number of pyridine rings is 1. The van der Waals surface area contributed by atoms with Gasteiger partial charge in [-0.15, -0.1) is 11.3 Å². The molecule has 0 saturated heterocycles. The molecule has 0 saturated carbocycles. The molecule has 2 rings (SSSR count). The maximum atomic E-state index is 13.9. The van der Waals surface area contributed by atoms with Crippen LogP contribution in [0.2, 0.25) is 0 Å². The molecule has 0 aliphatic heterocycles. The second-order valence-corrected chi connectivity index (χ2v) is 4.32. The second kappa shape index (κ2) is 5.20. The zero-order valence-corrected chi connectivity index (χ0v) is 10.1. The molecule has 0 amide bonds. The van der Waals surface area contributed by atoms with Crippen molar-refractivity contribution >= 4 is 17.2 Å². The van der Waals surface area contributed by atoms with Crippen molar-refractivity contribution in [3.63, 3.8) is 0 Å². The van der Waals surface area contributed by atoms with Crippen LogP contribution in [0.25, 0.3) is 0 Å². The molecule has 0 spiro atoms. The molecule has 2 aromatic heterocycles. The number of anilines is 1. The number of hydrogen-bond donors (Lipinski definition) is 1. The molecule has 6 heteroatoms. The zero-order chi connectivity index (χ0) is 12.3. The third-order valence-electron chi connectivity index (χ3n) is 2.37. The van der Waals surface area contributed by atoms with E-state index in [1.807, 2.05) is 5.38 Å². The number of aromatic nitrogens is 2. The first-order valence-electron chi connectivity index (χ1n) is 5.05. The van der Waals surface area contributed by atoms with Crippen molar-refractivity contribution in [3.8, 4) is 0 Å². The van der Waals surface area contributed by atoms with Crippen molar-refractivity contribution in [3.05, 3.63) is 40.2 Å². The van der Waals surface area contributed by atoms with Crippen LogP contribution in [0.3, 0.4) is 0 Å². The molecule has 0 radical (unpaired) electrons. The highest BCUT2D eigenvalue weighted by atomic mass is 32.1. The van der Waals surface area contributed by atoms with Crippen LogP contribution < -0.4 is 4.90 Å². The summed E-state index contributed by atoms with van der Waals surface area (Å²) in [5, 5.41) is 10.9. The average Bonchev–Trinajstić information content (AvgIpc) is 2.82. The maximum absolute atomic E-state index is 13.9. The second-order valence-electron chi connectivity index (χ2n) is 3.60.